The summed E-state index contributed by atoms with van der Waals surface area (Å²) in [4.78, 5) is 3.87. The Morgan fingerprint density at radius 1 is 1.10 bits per heavy atom. The summed E-state index contributed by atoms with van der Waals surface area (Å²) in [6.07, 6.45) is 6.00. The molecule has 0 amide bonds. The number of benzene rings is 1. The van der Waals surface area contributed by atoms with Gasteiger partial charge in [0, 0.05) is 31.6 Å². The van der Waals surface area contributed by atoms with Gasteiger partial charge in [0.25, 0.3) is 0 Å². The normalized spacial score (nSPS) is 26.9. The molecule has 2 nitrogen and oxygen atoms in total. The zero-order valence-corrected chi connectivity index (χ0v) is 13.4. The van der Waals surface area contributed by atoms with Gasteiger partial charge in [-0.05, 0) is 30.2 Å². The summed E-state index contributed by atoms with van der Waals surface area (Å²) in [5.74, 6) is 1.75. The molecule has 1 aliphatic heterocycles. The minimum Gasteiger partial charge on any atom is -0.378 e. The van der Waals surface area contributed by atoms with Gasteiger partial charge in [0.15, 0.2) is 0 Å². The van der Waals surface area contributed by atoms with Gasteiger partial charge < -0.3 is 9.80 Å². The van der Waals surface area contributed by atoms with Gasteiger partial charge in [-0.3, -0.25) is 0 Å². The van der Waals surface area contributed by atoms with E-state index in [1.165, 1.54) is 30.8 Å². The number of hydrogen-bond acceptors (Lipinski definition) is 1. The Bertz CT molecular complexity index is 423. The molecule has 0 unspecified atom stereocenters. The van der Waals surface area contributed by atoms with Crippen LogP contribution in [-0.4, -0.2) is 33.7 Å². The Morgan fingerprint density at radius 3 is 2.25 bits per heavy atom. The van der Waals surface area contributed by atoms with E-state index >= 15 is 0 Å². The van der Waals surface area contributed by atoms with Crippen molar-refractivity contribution in [2.75, 3.05) is 38.6 Å². The highest BCUT2D eigenvalue weighted by molar-refractivity contribution is 5.55. The van der Waals surface area contributed by atoms with Crippen LogP contribution in [0.3, 0.4) is 0 Å². The van der Waals surface area contributed by atoms with Crippen LogP contribution in [0.1, 0.15) is 25.8 Å². The van der Waals surface area contributed by atoms with Crippen molar-refractivity contribution in [3.8, 4) is 0 Å². The molecular weight excluding hydrogens is 244 g/mol. The Hall–Kier alpha value is -1.28. The molecule has 0 aromatic heterocycles. The fourth-order valence-electron chi connectivity index (χ4n) is 3.33. The topological polar surface area (TPSA) is 7.68 Å². The van der Waals surface area contributed by atoms with Gasteiger partial charge in [0.05, 0.1) is 19.6 Å². The number of nitrogens with one attached hydrogen (secondary N) is 1. The minimum atomic E-state index is 0.876. The third-order valence-electron chi connectivity index (χ3n) is 4.21. The molecule has 0 bridgehead atoms. The molecule has 1 N–H and O–H groups in total. The standard InChI is InChI=1S/C18H28N2/c1-15-12-16(2)14-20(13-15)11-5-6-17-7-9-18(10-8-17)19(3)4/h5-10,15-16H,11-14H2,1-4H3/p+1/b6-5+/t15-,16-/m0/s1. The Balaban J connectivity index is 1.86. The van der Waals surface area contributed by atoms with Crippen LogP contribution in [0, 0.1) is 11.8 Å². The van der Waals surface area contributed by atoms with E-state index in [0.29, 0.717) is 0 Å². The Kier molecular flexibility index (Phi) is 5.24. The fraction of sp³-hybridized carbons (Fsp3) is 0.556. The average molecular weight is 273 g/mol. The quantitative estimate of drug-likeness (QED) is 0.885. The Morgan fingerprint density at radius 2 is 1.70 bits per heavy atom. The minimum absolute atomic E-state index is 0.876. The van der Waals surface area contributed by atoms with E-state index in [4.69, 9.17) is 0 Å². The van der Waals surface area contributed by atoms with E-state index in [0.717, 1.165) is 18.4 Å². The maximum Gasteiger partial charge on any atom is 0.0961 e. The predicted octanol–water partition coefficient (Wildman–Crippen LogP) is 2.33. The number of hydrogen-bond donors (Lipinski definition) is 1. The van der Waals surface area contributed by atoms with Crippen LogP contribution in [-0.2, 0) is 0 Å². The van der Waals surface area contributed by atoms with Crippen LogP contribution in [0.4, 0.5) is 5.69 Å². The van der Waals surface area contributed by atoms with Crippen molar-refractivity contribution in [1.29, 1.82) is 0 Å². The van der Waals surface area contributed by atoms with Gasteiger partial charge in [-0.1, -0.05) is 32.1 Å². The summed E-state index contributed by atoms with van der Waals surface area (Å²) in [5, 5.41) is 0. The molecule has 1 heterocycles. The summed E-state index contributed by atoms with van der Waals surface area (Å²) < 4.78 is 0. The number of quaternary nitrogens is 1. The first-order valence-corrected chi connectivity index (χ1v) is 7.82. The van der Waals surface area contributed by atoms with Gasteiger partial charge in [-0.15, -0.1) is 0 Å². The van der Waals surface area contributed by atoms with E-state index in [-0.39, 0.29) is 0 Å². The predicted molar refractivity (Wildman–Crippen MR) is 88.3 cm³/mol. The van der Waals surface area contributed by atoms with E-state index < -0.39 is 0 Å². The maximum absolute atomic E-state index is 2.39. The molecule has 1 saturated heterocycles. The van der Waals surface area contributed by atoms with Gasteiger partial charge in [0.1, 0.15) is 0 Å². The van der Waals surface area contributed by atoms with Crippen LogP contribution in [0.25, 0.3) is 6.08 Å². The lowest BCUT2D eigenvalue weighted by molar-refractivity contribution is -0.906. The van der Waals surface area contributed by atoms with Crippen molar-refractivity contribution in [1.82, 2.24) is 0 Å². The third kappa shape index (κ3) is 4.38. The molecule has 1 fully saturated rings. The molecule has 2 rings (SSSR count). The van der Waals surface area contributed by atoms with Crippen molar-refractivity contribution in [2.24, 2.45) is 11.8 Å². The molecule has 0 saturated carbocycles. The summed E-state index contributed by atoms with van der Waals surface area (Å²) >= 11 is 0. The van der Waals surface area contributed by atoms with Crippen molar-refractivity contribution in [3.05, 3.63) is 35.9 Å². The van der Waals surface area contributed by atoms with E-state index in [1.807, 2.05) is 0 Å². The van der Waals surface area contributed by atoms with Crippen molar-refractivity contribution < 1.29 is 4.90 Å². The number of nitrogens with zero attached hydrogens (tertiary/aromatic N) is 1. The summed E-state index contributed by atoms with van der Waals surface area (Å²) in [6, 6.07) is 8.75. The first-order chi connectivity index (χ1) is 9.54. The van der Waals surface area contributed by atoms with Gasteiger partial charge in [-0.25, -0.2) is 0 Å². The zero-order valence-electron chi connectivity index (χ0n) is 13.4. The highest BCUT2D eigenvalue weighted by atomic mass is 15.1. The van der Waals surface area contributed by atoms with Crippen LogP contribution in [0.5, 0.6) is 0 Å². The molecule has 2 atom stereocenters. The van der Waals surface area contributed by atoms with Gasteiger partial charge >= 0.3 is 0 Å². The second-order valence-corrected chi connectivity index (χ2v) is 6.70. The number of likely N-dealkylation sites (tertiary alicyclic amines) is 1. The highest BCUT2D eigenvalue weighted by Crippen LogP contribution is 2.13. The zero-order chi connectivity index (χ0) is 14.5. The molecule has 1 aromatic carbocycles. The first kappa shape index (κ1) is 15.1. The summed E-state index contributed by atoms with van der Waals surface area (Å²) in [7, 11) is 4.15. The highest BCUT2D eigenvalue weighted by Gasteiger charge is 2.23. The van der Waals surface area contributed by atoms with Crippen LogP contribution >= 0.6 is 0 Å². The number of piperidine rings is 1. The van der Waals surface area contributed by atoms with Crippen LogP contribution in [0.15, 0.2) is 30.3 Å². The second-order valence-electron chi connectivity index (χ2n) is 6.70. The third-order valence-corrected chi connectivity index (χ3v) is 4.21. The second kappa shape index (κ2) is 6.94. The maximum atomic E-state index is 2.39. The van der Waals surface area contributed by atoms with Gasteiger partial charge in [-0.2, -0.15) is 0 Å². The van der Waals surface area contributed by atoms with E-state index in [9.17, 15) is 0 Å². The van der Waals surface area contributed by atoms with E-state index in [1.54, 1.807) is 4.90 Å². The molecule has 20 heavy (non-hydrogen) atoms. The molecule has 110 valence electrons. The lowest BCUT2D eigenvalue weighted by Crippen LogP contribution is -3.14. The van der Waals surface area contributed by atoms with E-state index in [2.05, 4.69) is 69.3 Å². The van der Waals surface area contributed by atoms with Gasteiger partial charge in [0.2, 0.25) is 0 Å². The lowest BCUT2D eigenvalue weighted by atomic mass is 9.92. The Labute approximate surface area is 124 Å². The van der Waals surface area contributed by atoms with Crippen LogP contribution < -0.4 is 9.80 Å². The van der Waals surface area contributed by atoms with Crippen molar-refractivity contribution in [2.45, 2.75) is 20.3 Å². The molecule has 0 spiro atoms. The SMILES string of the molecule is C[C@H]1C[C@H](C)C[NH+](C/C=C/c2ccc(N(C)C)cc2)C1. The smallest absolute Gasteiger partial charge is 0.0961 e. The molecule has 1 aliphatic rings. The molecular formula is C18H29N2+. The van der Waals surface area contributed by atoms with Crippen molar-refractivity contribution >= 4 is 11.8 Å². The monoisotopic (exact) mass is 273 g/mol. The van der Waals surface area contributed by atoms with Crippen LogP contribution in [0.2, 0.25) is 0 Å². The average Bonchev–Trinajstić information content (AvgIpc) is 2.38. The largest absolute Gasteiger partial charge is 0.378 e. The first-order valence-electron chi connectivity index (χ1n) is 7.82. The molecule has 2 heteroatoms. The summed E-state index contributed by atoms with van der Waals surface area (Å²) in [5.41, 5.74) is 2.56. The molecule has 1 aromatic rings. The number of anilines is 1. The fourth-order valence-corrected chi connectivity index (χ4v) is 3.33. The summed E-state index contributed by atoms with van der Waals surface area (Å²) in [6.45, 7) is 8.59. The lowest BCUT2D eigenvalue weighted by Gasteiger charge is -2.31. The number of rotatable bonds is 4. The van der Waals surface area contributed by atoms with Crippen molar-refractivity contribution in [3.63, 3.8) is 0 Å². The molecule has 0 radical (unpaired) electrons. The molecule has 0 aliphatic carbocycles.